The molecule has 0 radical (unpaired) electrons. The van der Waals surface area contributed by atoms with Crippen molar-refractivity contribution in [2.24, 2.45) is 5.92 Å². The highest BCUT2D eigenvalue weighted by molar-refractivity contribution is 5.15. The number of nitrogens with one attached hydrogen (secondary N) is 1. The molecule has 0 amide bonds. The second-order valence-corrected chi connectivity index (χ2v) is 5.25. The Hall–Kier alpha value is -0.860. The summed E-state index contributed by atoms with van der Waals surface area (Å²) in [6, 6.07) is 11.5. The molecular formula is C15H24N2. The van der Waals surface area contributed by atoms with E-state index in [9.17, 15) is 0 Å². The summed E-state index contributed by atoms with van der Waals surface area (Å²) < 4.78 is 0. The Morgan fingerprint density at radius 3 is 2.82 bits per heavy atom. The summed E-state index contributed by atoms with van der Waals surface area (Å²) in [7, 11) is 2.05. The van der Waals surface area contributed by atoms with Crippen molar-refractivity contribution in [3.63, 3.8) is 0 Å². The van der Waals surface area contributed by atoms with Crippen molar-refractivity contribution in [1.82, 2.24) is 10.2 Å². The fraction of sp³-hybridized carbons (Fsp3) is 0.600. The lowest BCUT2D eigenvalue weighted by Crippen LogP contribution is -2.33. The fourth-order valence-corrected chi connectivity index (χ4v) is 2.80. The molecular weight excluding hydrogens is 208 g/mol. The van der Waals surface area contributed by atoms with E-state index in [4.69, 9.17) is 0 Å². The minimum Gasteiger partial charge on any atom is -0.319 e. The van der Waals surface area contributed by atoms with Crippen LogP contribution < -0.4 is 5.32 Å². The van der Waals surface area contributed by atoms with Crippen molar-refractivity contribution in [2.75, 3.05) is 26.7 Å². The lowest BCUT2D eigenvalue weighted by Gasteiger charge is -2.24. The minimum atomic E-state index is 0.666. The quantitative estimate of drug-likeness (QED) is 0.837. The Morgan fingerprint density at radius 2 is 2.12 bits per heavy atom. The van der Waals surface area contributed by atoms with Crippen LogP contribution in [0.5, 0.6) is 0 Å². The molecule has 1 saturated heterocycles. The standard InChI is InChI=1S/C15H24N2/c1-13(10-14-6-4-3-5-7-14)17-9-8-15(12-17)11-16-2/h3-7,13,15-16H,8-12H2,1-2H3. The number of likely N-dealkylation sites (tertiary alicyclic amines) is 1. The molecule has 2 unspecified atom stereocenters. The molecule has 2 nitrogen and oxygen atoms in total. The predicted octanol–water partition coefficient (Wildman–Crippen LogP) is 2.16. The molecule has 2 heteroatoms. The van der Waals surface area contributed by atoms with Gasteiger partial charge < -0.3 is 5.32 Å². The fourth-order valence-electron chi connectivity index (χ4n) is 2.80. The summed E-state index contributed by atoms with van der Waals surface area (Å²) in [4.78, 5) is 2.63. The third kappa shape index (κ3) is 3.55. The number of benzene rings is 1. The minimum absolute atomic E-state index is 0.666. The SMILES string of the molecule is CNCC1CCN(C(C)Cc2ccccc2)C1. The lowest BCUT2D eigenvalue weighted by atomic mass is 10.1. The molecule has 0 bridgehead atoms. The first-order chi connectivity index (χ1) is 8.29. The van der Waals surface area contributed by atoms with Crippen LogP contribution in [0.3, 0.4) is 0 Å². The van der Waals surface area contributed by atoms with Crippen LogP contribution in [0.4, 0.5) is 0 Å². The van der Waals surface area contributed by atoms with Gasteiger partial charge in [0.1, 0.15) is 0 Å². The van der Waals surface area contributed by atoms with Gasteiger partial charge in [-0.25, -0.2) is 0 Å². The van der Waals surface area contributed by atoms with E-state index in [1.165, 1.54) is 31.5 Å². The topological polar surface area (TPSA) is 15.3 Å². The molecule has 1 fully saturated rings. The van der Waals surface area contributed by atoms with Gasteiger partial charge in [0.15, 0.2) is 0 Å². The summed E-state index contributed by atoms with van der Waals surface area (Å²) in [5, 5.41) is 3.29. The molecule has 0 saturated carbocycles. The van der Waals surface area contributed by atoms with Crippen molar-refractivity contribution in [2.45, 2.75) is 25.8 Å². The summed E-state index contributed by atoms with van der Waals surface area (Å²) in [6.45, 7) is 6.04. The average Bonchev–Trinajstić information content (AvgIpc) is 2.79. The highest BCUT2D eigenvalue weighted by Gasteiger charge is 2.25. The Morgan fingerprint density at radius 1 is 1.35 bits per heavy atom. The normalized spacial score (nSPS) is 22.8. The molecule has 1 N–H and O–H groups in total. The van der Waals surface area contributed by atoms with Crippen molar-refractivity contribution in [1.29, 1.82) is 0 Å². The number of hydrogen-bond acceptors (Lipinski definition) is 2. The van der Waals surface area contributed by atoms with Crippen LogP contribution in [0.15, 0.2) is 30.3 Å². The van der Waals surface area contributed by atoms with Crippen LogP contribution in [-0.4, -0.2) is 37.6 Å². The van der Waals surface area contributed by atoms with Gasteiger partial charge in [0.2, 0.25) is 0 Å². The van der Waals surface area contributed by atoms with Gasteiger partial charge in [0.25, 0.3) is 0 Å². The van der Waals surface area contributed by atoms with Crippen molar-refractivity contribution in [3.8, 4) is 0 Å². The van der Waals surface area contributed by atoms with Gasteiger partial charge >= 0.3 is 0 Å². The van der Waals surface area contributed by atoms with Crippen LogP contribution in [0, 0.1) is 5.92 Å². The smallest absolute Gasteiger partial charge is 0.0107 e. The van der Waals surface area contributed by atoms with E-state index in [0.717, 1.165) is 12.5 Å². The van der Waals surface area contributed by atoms with E-state index in [1.807, 2.05) is 0 Å². The van der Waals surface area contributed by atoms with Crippen molar-refractivity contribution < 1.29 is 0 Å². The molecule has 1 aliphatic heterocycles. The highest BCUT2D eigenvalue weighted by atomic mass is 15.2. The molecule has 94 valence electrons. The zero-order chi connectivity index (χ0) is 12.1. The Kier molecular flexibility index (Phi) is 4.57. The van der Waals surface area contributed by atoms with Gasteiger partial charge in [0.05, 0.1) is 0 Å². The van der Waals surface area contributed by atoms with Crippen LogP contribution in [-0.2, 0) is 6.42 Å². The summed E-state index contributed by atoms with van der Waals surface area (Å²) in [5.41, 5.74) is 1.46. The predicted molar refractivity (Wildman–Crippen MR) is 73.2 cm³/mol. The molecule has 2 atom stereocenters. The molecule has 0 aliphatic carbocycles. The Labute approximate surface area is 105 Å². The maximum absolute atomic E-state index is 3.29. The number of nitrogens with zero attached hydrogens (tertiary/aromatic N) is 1. The van der Waals surface area contributed by atoms with E-state index in [0.29, 0.717) is 6.04 Å². The van der Waals surface area contributed by atoms with E-state index in [-0.39, 0.29) is 0 Å². The Bertz CT molecular complexity index is 323. The third-order valence-electron chi connectivity index (χ3n) is 3.81. The molecule has 1 aromatic carbocycles. The largest absolute Gasteiger partial charge is 0.319 e. The third-order valence-corrected chi connectivity index (χ3v) is 3.81. The second kappa shape index (κ2) is 6.18. The molecule has 0 aromatic heterocycles. The second-order valence-electron chi connectivity index (χ2n) is 5.25. The first-order valence-electron chi connectivity index (χ1n) is 6.72. The van der Waals surface area contributed by atoms with Gasteiger partial charge in [-0.3, -0.25) is 4.90 Å². The molecule has 17 heavy (non-hydrogen) atoms. The lowest BCUT2D eigenvalue weighted by molar-refractivity contribution is 0.247. The maximum atomic E-state index is 3.29. The van der Waals surface area contributed by atoms with Crippen LogP contribution in [0.1, 0.15) is 18.9 Å². The molecule has 1 aliphatic rings. The number of rotatable bonds is 5. The van der Waals surface area contributed by atoms with E-state index in [1.54, 1.807) is 0 Å². The van der Waals surface area contributed by atoms with Crippen LogP contribution in [0.2, 0.25) is 0 Å². The van der Waals surface area contributed by atoms with Gasteiger partial charge in [0, 0.05) is 12.6 Å². The molecule has 1 heterocycles. The first-order valence-corrected chi connectivity index (χ1v) is 6.72. The number of hydrogen-bond donors (Lipinski definition) is 1. The zero-order valence-corrected chi connectivity index (χ0v) is 11.0. The van der Waals surface area contributed by atoms with Gasteiger partial charge in [-0.05, 0) is 51.4 Å². The first kappa shape index (κ1) is 12.6. The van der Waals surface area contributed by atoms with Crippen LogP contribution >= 0.6 is 0 Å². The summed E-state index contributed by atoms with van der Waals surface area (Å²) >= 11 is 0. The van der Waals surface area contributed by atoms with Crippen molar-refractivity contribution in [3.05, 3.63) is 35.9 Å². The molecule has 2 rings (SSSR count). The molecule has 0 spiro atoms. The summed E-state index contributed by atoms with van der Waals surface area (Å²) in [6.07, 6.45) is 2.52. The average molecular weight is 232 g/mol. The zero-order valence-electron chi connectivity index (χ0n) is 11.0. The molecule has 1 aromatic rings. The monoisotopic (exact) mass is 232 g/mol. The highest BCUT2D eigenvalue weighted by Crippen LogP contribution is 2.19. The van der Waals surface area contributed by atoms with Gasteiger partial charge in [-0.1, -0.05) is 30.3 Å². The van der Waals surface area contributed by atoms with Crippen LogP contribution in [0.25, 0.3) is 0 Å². The van der Waals surface area contributed by atoms with Gasteiger partial charge in [-0.15, -0.1) is 0 Å². The summed E-state index contributed by atoms with van der Waals surface area (Å²) in [5.74, 6) is 0.846. The van der Waals surface area contributed by atoms with Crippen molar-refractivity contribution >= 4 is 0 Å². The van der Waals surface area contributed by atoms with E-state index in [2.05, 4.69) is 54.5 Å². The Balaban J connectivity index is 1.83. The maximum Gasteiger partial charge on any atom is 0.0107 e. The van der Waals surface area contributed by atoms with E-state index >= 15 is 0 Å². The van der Waals surface area contributed by atoms with E-state index < -0.39 is 0 Å². The van der Waals surface area contributed by atoms with Gasteiger partial charge in [-0.2, -0.15) is 0 Å².